The number of hydrogen-bond donors (Lipinski definition) is 1. The SMILES string of the molecule is CCCC1(CCC)CC(CN)(SCC(C)C)C1. The summed E-state index contributed by atoms with van der Waals surface area (Å²) >= 11 is 2.15. The highest BCUT2D eigenvalue weighted by molar-refractivity contribution is 8.00. The smallest absolute Gasteiger partial charge is 0.0292 e. The van der Waals surface area contributed by atoms with Crippen LogP contribution in [0.5, 0.6) is 0 Å². The molecule has 17 heavy (non-hydrogen) atoms. The lowest BCUT2D eigenvalue weighted by Crippen LogP contribution is -2.54. The van der Waals surface area contributed by atoms with Crippen molar-refractivity contribution < 1.29 is 0 Å². The van der Waals surface area contributed by atoms with Gasteiger partial charge in [0.25, 0.3) is 0 Å². The number of rotatable bonds is 8. The van der Waals surface area contributed by atoms with Gasteiger partial charge in [-0.2, -0.15) is 11.8 Å². The van der Waals surface area contributed by atoms with Crippen molar-refractivity contribution in [3.63, 3.8) is 0 Å². The third-order valence-electron chi connectivity index (χ3n) is 4.05. The lowest BCUT2D eigenvalue weighted by Gasteiger charge is -2.56. The predicted octanol–water partition coefficient (Wildman–Crippen LogP) is 4.45. The van der Waals surface area contributed by atoms with E-state index in [1.807, 2.05) is 0 Å². The standard InChI is InChI=1S/C15H31NS/c1-5-7-14(8-6-2)10-15(11-14,12-16)17-9-13(3)4/h13H,5-12,16H2,1-4H3. The van der Waals surface area contributed by atoms with Gasteiger partial charge in [-0.25, -0.2) is 0 Å². The van der Waals surface area contributed by atoms with Gasteiger partial charge in [-0.3, -0.25) is 0 Å². The molecule has 1 rings (SSSR count). The van der Waals surface area contributed by atoms with Gasteiger partial charge in [-0.15, -0.1) is 0 Å². The molecular weight excluding hydrogens is 226 g/mol. The highest BCUT2D eigenvalue weighted by Crippen LogP contribution is 2.59. The normalized spacial score (nSPS) is 21.5. The topological polar surface area (TPSA) is 26.0 Å². The maximum Gasteiger partial charge on any atom is 0.0292 e. The van der Waals surface area contributed by atoms with Crippen molar-refractivity contribution in [3.05, 3.63) is 0 Å². The van der Waals surface area contributed by atoms with E-state index in [1.165, 1.54) is 44.3 Å². The first-order chi connectivity index (χ1) is 8.01. The molecule has 0 aromatic rings. The molecule has 0 heterocycles. The molecule has 0 saturated heterocycles. The average molecular weight is 257 g/mol. The Bertz CT molecular complexity index is 211. The second-order valence-corrected chi connectivity index (χ2v) is 7.93. The molecule has 102 valence electrons. The molecular formula is C15H31NS. The van der Waals surface area contributed by atoms with Crippen LogP contribution in [0.25, 0.3) is 0 Å². The van der Waals surface area contributed by atoms with Crippen LogP contribution in [0.15, 0.2) is 0 Å². The molecule has 0 aliphatic heterocycles. The number of thioether (sulfide) groups is 1. The van der Waals surface area contributed by atoms with Crippen molar-refractivity contribution in [2.45, 2.75) is 71.0 Å². The zero-order valence-electron chi connectivity index (χ0n) is 12.2. The summed E-state index contributed by atoms with van der Waals surface area (Å²) in [7, 11) is 0. The molecule has 1 aliphatic rings. The summed E-state index contributed by atoms with van der Waals surface area (Å²) in [6.07, 6.45) is 8.21. The lowest BCUT2D eigenvalue weighted by molar-refractivity contribution is 0.0613. The zero-order chi connectivity index (χ0) is 12.9. The minimum Gasteiger partial charge on any atom is -0.329 e. The first-order valence-electron chi connectivity index (χ1n) is 7.35. The van der Waals surface area contributed by atoms with Gasteiger partial charge in [0.1, 0.15) is 0 Å². The summed E-state index contributed by atoms with van der Waals surface area (Å²) in [6.45, 7) is 10.1. The van der Waals surface area contributed by atoms with Gasteiger partial charge in [0.05, 0.1) is 0 Å². The van der Waals surface area contributed by atoms with Crippen LogP contribution >= 0.6 is 11.8 Å². The maximum absolute atomic E-state index is 6.05. The monoisotopic (exact) mass is 257 g/mol. The molecule has 0 aromatic carbocycles. The van der Waals surface area contributed by atoms with E-state index in [2.05, 4.69) is 39.5 Å². The second-order valence-electron chi connectivity index (χ2n) is 6.45. The van der Waals surface area contributed by atoms with E-state index in [-0.39, 0.29) is 0 Å². The average Bonchev–Trinajstić information content (AvgIpc) is 2.23. The zero-order valence-corrected chi connectivity index (χ0v) is 13.0. The third kappa shape index (κ3) is 3.89. The summed E-state index contributed by atoms with van der Waals surface area (Å²) in [5.74, 6) is 2.06. The van der Waals surface area contributed by atoms with Gasteiger partial charge >= 0.3 is 0 Å². The minimum atomic E-state index is 0.425. The highest BCUT2D eigenvalue weighted by Gasteiger charge is 2.52. The molecule has 0 aromatic heterocycles. The van der Waals surface area contributed by atoms with E-state index in [9.17, 15) is 0 Å². The molecule has 0 radical (unpaired) electrons. The Hall–Kier alpha value is 0.310. The fourth-order valence-electron chi connectivity index (χ4n) is 3.50. The quantitative estimate of drug-likeness (QED) is 0.695. The summed E-state index contributed by atoms with van der Waals surface area (Å²) in [5, 5.41) is 0. The van der Waals surface area contributed by atoms with Gasteiger partial charge in [-0.05, 0) is 42.8 Å². The Morgan fingerprint density at radius 3 is 2.00 bits per heavy atom. The van der Waals surface area contributed by atoms with Gasteiger partial charge in [0.2, 0.25) is 0 Å². The van der Waals surface area contributed by atoms with Crippen LogP contribution in [-0.4, -0.2) is 17.0 Å². The van der Waals surface area contributed by atoms with Crippen molar-refractivity contribution in [3.8, 4) is 0 Å². The molecule has 1 aliphatic carbocycles. The van der Waals surface area contributed by atoms with Crippen LogP contribution in [0, 0.1) is 11.3 Å². The highest BCUT2D eigenvalue weighted by atomic mass is 32.2. The molecule has 2 heteroatoms. The van der Waals surface area contributed by atoms with Crippen LogP contribution < -0.4 is 5.73 Å². The van der Waals surface area contributed by atoms with Gasteiger partial charge in [0.15, 0.2) is 0 Å². The van der Waals surface area contributed by atoms with Gasteiger partial charge in [0, 0.05) is 11.3 Å². The third-order valence-corrected chi connectivity index (χ3v) is 5.95. The fourth-order valence-corrected chi connectivity index (χ4v) is 5.12. The second kappa shape index (κ2) is 6.47. The van der Waals surface area contributed by atoms with Gasteiger partial charge < -0.3 is 5.73 Å². The molecule has 0 bridgehead atoms. The van der Waals surface area contributed by atoms with Crippen LogP contribution in [0.1, 0.15) is 66.2 Å². The molecule has 0 atom stereocenters. The molecule has 0 unspecified atom stereocenters. The van der Waals surface area contributed by atoms with Crippen molar-refractivity contribution in [1.29, 1.82) is 0 Å². The van der Waals surface area contributed by atoms with E-state index in [0.29, 0.717) is 10.2 Å². The van der Waals surface area contributed by atoms with Crippen LogP contribution in [0.2, 0.25) is 0 Å². The van der Waals surface area contributed by atoms with Crippen LogP contribution in [0.4, 0.5) is 0 Å². The molecule has 0 amide bonds. The van der Waals surface area contributed by atoms with Crippen molar-refractivity contribution in [2.75, 3.05) is 12.3 Å². The Morgan fingerprint density at radius 1 is 1.12 bits per heavy atom. The molecule has 1 fully saturated rings. The van der Waals surface area contributed by atoms with Crippen LogP contribution in [-0.2, 0) is 0 Å². The summed E-state index contributed by atoms with van der Waals surface area (Å²) in [5.41, 5.74) is 6.69. The Kier molecular flexibility index (Phi) is 5.85. The van der Waals surface area contributed by atoms with Gasteiger partial charge in [-0.1, -0.05) is 40.5 Å². The first-order valence-corrected chi connectivity index (χ1v) is 8.34. The first kappa shape index (κ1) is 15.4. The van der Waals surface area contributed by atoms with Crippen LogP contribution in [0.3, 0.4) is 0 Å². The number of nitrogens with two attached hydrogens (primary N) is 1. The molecule has 2 N–H and O–H groups in total. The van der Waals surface area contributed by atoms with E-state index >= 15 is 0 Å². The van der Waals surface area contributed by atoms with E-state index in [0.717, 1.165) is 12.5 Å². The van der Waals surface area contributed by atoms with E-state index in [1.54, 1.807) is 0 Å². The Morgan fingerprint density at radius 2 is 1.65 bits per heavy atom. The largest absolute Gasteiger partial charge is 0.329 e. The van der Waals surface area contributed by atoms with Crippen molar-refractivity contribution >= 4 is 11.8 Å². The number of hydrogen-bond acceptors (Lipinski definition) is 2. The van der Waals surface area contributed by atoms with Crippen molar-refractivity contribution in [1.82, 2.24) is 0 Å². The van der Waals surface area contributed by atoms with E-state index < -0.39 is 0 Å². The molecule has 0 spiro atoms. The molecule has 1 nitrogen and oxygen atoms in total. The molecule has 1 saturated carbocycles. The fraction of sp³-hybridized carbons (Fsp3) is 1.00. The summed E-state index contributed by atoms with van der Waals surface area (Å²) in [6, 6.07) is 0. The Balaban J connectivity index is 2.51. The Labute approximate surface area is 112 Å². The predicted molar refractivity (Wildman–Crippen MR) is 80.6 cm³/mol. The minimum absolute atomic E-state index is 0.425. The van der Waals surface area contributed by atoms with Crippen molar-refractivity contribution in [2.24, 2.45) is 17.1 Å². The lowest BCUT2D eigenvalue weighted by atomic mass is 9.57. The summed E-state index contributed by atoms with van der Waals surface area (Å²) in [4.78, 5) is 0. The summed E-state index contributed by atoms with van der Waals surface area (Å²) < 4.78 is 0.425. The van der Waals surface area contributed by atoms with E-state index in [4.69, 9.17) is 5.73 Å². The maximum atomic E-state index is 6.05.